The van der Waals surface area contributed by atoms with Gasteiger partial charge in [-0.25, -0.2) is 0 Å². The van der Waals surface area contributed by atoms with Crippen molar-refractivity contribution in [3.63, 3.8) is 0 Å². The lowest BCUT2D eigenvalue weighted by Crippen LogP contribution is -2.57. The van der Waals surface area contributed by atoms with Gasteiger partial charge in [-0.15, -0.1) is 0 Å². The molecule has 0 aliphatic carbocycles. The Morgan fingerprint density at radius 3 is 2.67 bits per heavy atom. The molecule has 1 atom stereocenters. The molecule has 1 aromatic carbocycles. The quantitative estimate of drug-likeness (QED) is 0.884. The fourth-order valence-electron chi connectivity index (χ4n) is 3.73. The van der Waals surface area contributed by atoms with Gasteiger partial charge in [-0.05, 0) is 50.0 Å². The Labute approximate surface area is 136 Å². The molecular formula is C16H17F3N4O. The van der Waals surface area contributed by atoms with E-state index in [0.717, 1.165) is 44.6 Å². The van der Waals surface area contributed by atoms with Crippen LogP contribution in [0.15, 0.2) is 18.2 Å². The van der Waals surface area contributed by atoms with E-state index < -0.39 is 11.7 Å². The Kier molecular flexibility index (Phi) is 3.52. The fraction of sp³-hybridized carbons (Fsp3) is 0.500. The van der Waals surface area contributed by atoms with E-state index in [9.17, 15) is 18.0 Å². The van der Waals surface area contributed by atoms with Crippen LogP contribution in [0, 0.1) is 5.92 Å². The second-order valence-corrected chi connectivity index (χ2v) is 6.55. The number of carbonyl (C=O) groups is 1. The minimum atomic E-state index is -4.42. The number of nitrogens with zero attached hydrogens (tertiary/aromatic N) is 2. The average Bonchev–Trinajstić information content (AvgIpc) is 2.98. The number of benzene rings is 1. The number of amides is 1. The van der Waals surface area contributed by atoms with Crippen molar-refractivity contribution in [1.29, 1.82) is 0 Å². The summed E-state index contributed by atoms with van der Waals surface area (Å²) < 4.78 is 38.3. The van der Waals surface area contributed by atoms with Crippen molar-refractivity contribution >= 4 is 16.8 Å². The van der Waals surface area contributed by atoms with Gasteiger partial charge in [-0.1, -0.05) is 0 Å². The van der Waals surface area contributed by atoms with Crippen molar-refractivity contribution in [2.45, 2.75) is 25.1 Å². The van der Waals surface area contributed by atoms with Crippen molar-refractivity contribution in [2.75, 3.05) is 19.6 Å². The van der Waals surface area contributed by atoms with Crippen molar-refractivity contribution in [1.82, 2.24) is 20.4 Å². The Bertz CT molecular complexity index is 777. The number of piperidine rings is 3. The zero-order valence-electron chi connectivity index (χ0n) is 12.9. The highest BCUT2D eigenvalue weighted by molar-refractivity contribution is 6.04. The Hall–Kier alpha value is -2.09. The molecule has 0 unspecified atom stereocenters. The SMILES string of the molecule is O=C(N[C@@H]1CN2CCC1CC2)c1n[nH]c2cc(C(F)(F)F)ccc12. The number of hydrogen-bond donors (Lipinski definition) is 2. The lowest BCUT2D eigenvalue weighted by molar-refractivity contribution is -0.137. The summed E-state index contributed by atoms with van der Waals surface area (Å²) in [7, 11) is 0. The van der Waals surface area contributed by atoms with Crippen molar-refractivity contribution in [3.8, 4) is 0 Å². The molecule has 0 saturated carbocycles. The summed E-state index contributed by atoms with van der Waals surface area (Å²) in [4.78, 5) is 14.8. The molecule has 5 nitrogen and oxygen atoms in total. The van der Waals surface area contributed by atoms with E-state index in [2.05, 4.69) is 20.4 Å². The third-order valence-corrected chi connectivity index (χ3v) is 5.08. The van der Waals surface area contributed by atoms with E-state index in [1.807, 2.05) is 0 Å². The predicted molar refractivity (Wildman–Crippen MR) is 81.5 cm³/mol. The van der Waals surface area contributed by atoms with Crippen LogP contribution in [0.3, 0.4) is 0 Å². The van der Waals surface area contributed by atoms with Gasteiger partial charge >= 0.3 is 6.18 Å². The lowest BCUT2D eigenvalue weighted by Gasteiger charge is -2.44. The summed E-state index contributed by atoms with van der Waals surface area (Å²) in [5.74, 6) is 0.140. The number of aromatic amines is 1. The zero-order chi connectivity index (χ0) is 16.9. The number of fused-ring (bicyclic) bond motifs is 4. The summed E-state index contributed by atoms with van der Waals surface area (Å²) >= 11 is 0. The summed E-state index contributed by atoms with van der Waals surface area (Å²) in [6.45, 7) is 2.97. The first-order valence-electron chi connectivity index (χ1n) is 8.00. The maximum absolute atomic E-state index is 12.8. The Balaban J connectivity index is 1.56. The minimum Gasteiger partial charge on any atom is -0.346 e. The minimum absolute atomic E-state index is 0.0844. The lowest BCUT2D eigenvalue weighted by atomic mass is 9.84. The Morgan fingerprint density at radius 2 is 2.04 bits per heavy atom. The summed E-state index contributed by atoms with van der Waals surface area (Å²) in [6, 6.07) is 3.34. The smallest absolute Gasteiger partial charge is 0.346 e. The van der Waals surface area contributed by atoms with Crippen molar-refractivity contribution in [3.05, 3.63) is 29.5 Å². The van der Waals surface area contributed by atoms with Crippen molar-refractivity contribution in [2.24, 2.45) is 5.92 Å². The maximum Gasteiger partial charge on any atom is 0.416 e. The number of hydrogen-bond acceptors (Lipinski definition) is 3. The maximum atomic E-state index is 12.8. The summed E-state index contributed by atoms with van der Waals surface area (Å²) in [5, 5.41) is 9.87. The zero-order valence-corrected chi connectivity index (χ0v) is 12.9. The first-order chi connectivity index (χ1) is 11.4. The molecule has 3 aliphatic heterocycles. The largest absolute Gasteiger partial charge is 0.416 e. The topological polar surface area (TPSA) is 61.0 Å². The molecular weight excluding hydrogens is 321 g/mol. The van der Waals surface area contributed by atoms with E-state index in [4.69, 9.17) is 0 Å². The number of aromatic nitrogens is 2. The van der Waals surface area contributed by atoms with Gasteiger partial charge in [0.05, 0.1) is 11.1 Å². The number of carbonyl (C=O) groups excluding carboxylic acids is 1. The van der Waals surface area contributed by atoms with E-state index in [1.165, 1.54) is 6.07 Å². The van der Waals surface area contributed by atoms with Crippen LogP contribution in [-0.4, -0.2) is 46.7 Å². The van der Waals surface area contributed by atoms with Gasteiger partial charge in [0.25, 0.3) is 5.91 Å². The third kappa shape index (κ3) is 2.64. The molecule has 128 valence electrons. The van der Waals surface area contributed by atoms with Gasteiger partial charge in [0.2, 0.25) is 0 Å². The molecule has 0 spiro atoms. The molecule has 3 aliphatic rings. The summed E-state index contributed by atoms with van der Waals surface area (Å²) in [5.41, 5.74) is -0.401. The number of alkyl halides is 3. The third-order valence-electron chi connectivity index (χ3n) is 5.08. The van der Waals surface area contributed by atoms with Crippen LogP contribution in [-0.2, 0) is 6.18 Å². The fourth-order valence-corrected chi connectivity index (χ4v) is 3.73. The molecule has 2 aromatic rings. The molecule has 0 radical (unpaired) electrons. The van der Waals surface area contributed by atoms with E-state index >= 15 is 0 Å². The van der Waals surface area contributed by atoms with E-state index in [1.54, 1.807) is 0 Å². The molecule has 3 saturated heterocycles. The van der Waals surface area contributed by atoms with Gasteiger partial charge in [0, 0.05) is 18.0 Å². The van der Waals surface area contributed by atoms with Gasteiger partial charge in [-0.2, -0.15) is 18.3 Å². The van der Waals surface area contributed by atoms with E-state index in [0.29, 0.717) is 11.3 Å². The average molecular weight is 338 g/mol. The van der Waals surface area contributed by atoms with Gasteiger partial charge in [0.1, 0.15) is 0 Å². The van der Waals surface area contributed by atoms with Crippen LogP contribution < -0.4 is 5.32 Å². The van der Waals surface area contributed by atoms with Gasteiger partial charge in [0.15, 0.2) is 5.69 Å². The van der Waals surface area contributed by atoms with Gasteiger partial charge in [-0.3, -0.25) is 9.89 Å². The van der Waals surface area contributed by atoms with Crippen LogP contribution in [0.1, 0.15) is 28.9 Å². The monoisotopic (exact) mass is 338 g/mol. The molecule has 5 rings (SSSR count). The highest BCUT2D eigenvalue weighted by Gasteiger charge is 2.36. The first kappa shape index (κ1) is 15.4. The van der Waals surface area contributed by atoms with Crippen LogP contribution >= 0.6 is 0 Å². The number of rotatable bonds is 2. The van der Waals surface area contributed by atoms with Crippen LogP contribution in [0.25, 0.3) is 10.9 Å². The van der Waals surface area contributed by atoms with Gasteiger partial charge < -0.3 is 10.2 Å². The first-order valence-corrected chi connectivity index (χ1v) is 8.00. The molecule has 2 N–H and O–H groups in total. The number of halogens is 3. The standard InChI is InChI=1S/C16H17F3N4O/c17-16(18,19)10-1-2-11-12(7-10)21-22-14(11)15(24)20-13-8-23-5-3-9(13)4-6-23/h1-2,7,9,13H,3-6,8H2,(H,20,24)(H,21,22)/t13-/m1/s1. The summed E-state index contributed by atoms with van der Waals surface area (Å²) in [6.07, 6.45) is -2.28. The van der Waals surface area contributed by atoms with Crippen LogP contribution in [0.2, 0.25) is 0 Å². The second kappa shape index (κ2) is 5.47. The molecule has 4 heterocycles. The molecule has 24 heavy (non-hydrogen) atoms. The van der Waals surface area contributed by atoms with Crippen molar-refractivity contribution < 1.29 is 18.0 Å². The predicted octanol–water partition coefficient (Wildman–Crippen LogP) is 2.41. The second-order valence-electron chi connectivity index (χ2n) is 6.55. The normalized spacial score (nSPS) is 26.7. The van der Waals surface area contributed by atoms with E-state index in [-0.39, 0.29) is 23.2 Å². The molecule has 8 heteroatoms. The molecule has 3 fully saturated rings. The number of H-pyrrole nitrogens is 1. The number of nitrogens with one attached hydrogen (secondary N) is 2. The molecule has 2 bridgehead atoms. The highest BCUT2D eigenvalue weighted by atomic mass is 19.4. The van der Waals surface area contributed by atoms with Crippen LogP contribution in [0.5, 0.6) is 0 Å². The Morgan fingerprint density at radius 1 is 1.29 bits per heavy atom. The molecule has 1 amide bonds. The highest BCUT2D eigenvalue weighted by Crippen LogP contribution is 2.32. The van der Waals surface area contributed by atoms with Crippen LogP contribution in [0.4, 0.5) is 13.2 Å². The molecule has 1 aromatic heterocycles.